The molecule has 0 bridgehead atoms. The summed E-state index contributed by atoms with van der Waals surface area (Å²) in [6.07, 6.45) is 2.39. The van der Waals surface area contributed by atoms with Crippen molar-refractivity contribution in [2.45, 2.75) is 25.0 Å². The van der Waals surface area contributed by atoms with E-state index in [2.05, 4.69) is 22.8 Å². The minimum Gasteiger partial charge on any atom is -0.457 e. The van der Waals surface area contributed by atoms with Crippen LogP contribution in [0.2, 0.25) is 0 Å². The smallest absolute Gasteiger partial charge is 0.130 e. The molecule has 2 aromatic carbocycles. The van der Waals surface area contributed by atoms with Crippen LogP contribution < -0.4 is 15.4 Å². The molecule has 2 aromatic rings. The van der Waals surface area contributed by atoms with Crippen LogP contribution in [0.5, 0.6) is 11.5 Å². The van der Waals surface area contributed by atoms with Crippen molar-refractivity contribution in [1.82, 2.24) is 0 Å². The zero-order valence-corrected chi connectivity index (χ0v) is 14.7. The van der Waals surface area contributed by atoms with Gasteiger partial charge < -0.3 is 24.8 Å². The topological polar surface area (TPSA) is 58.4 Å². The van der Waals surface area contributed by atoms with Gasteiger partial charge in [0.15, 0.2) is 0 Å². The molecule has 4 rings (SSSR count). The van der Waals surface area contributed by atoms with Gasteiger partial charge in [-0.3, -0.25) is 0 Å². The van der Waals surface area contributed by atoms with Crippen molar-refractivity contribution in [3.63, 3.8) is 0 Å². The quantitative estimate of drug-likeness (QED) is 0.721. The van der Waals surface area contributed by atoms with Gasteiger partial charge in [-0.05, 0) is 47.5 Å². The number of hydrogen-bond acceptors (Lipinski definition) is 5. The second-order valence-corrected chi connectivity index (χ2v) is 6.57. The Balaban J connectivity index is 1.62. The standard InChI is InChI=1S/C20H24N2O3/c1-21-15-3-5-19(13(7-15)9-17-11-23-17)25-20-6-4-16(22-2)8-14(20)10-18-12-24-18/h3-8,17-18,21-22H,9-12H2,1-2H3. The normalized spacial score (nSPS) is 20.9. The third kappa shape index (κ3) is 4.06. The van der Waals surface area contributed by atoms with E-state index in [0.717, 1.165) is 48.9 Å². The van der Waals surface area contributed by atoms with Crippen molar-refractivity contribution >= 4 is 11.4 Å². The molecule has 25 heavy (non-hydrogen) atoms. The molecular formula is C20H24N2O3. The SMILES string of the molecule is CNc1ccc(Oc2ccc(NC)cc2CC2CO2)c(CC2CO2)c1. The first-order valence-corrected chi connectivity index (χ1v) is 8.77. The van der Waals surface area contributed by atoms with Gasteiger partial charge >= 0.3 is 0 Å². The van der Waals surface area contributed by atoms with Crippen LogP contribution in [0.15, 0.2) is 36.4 Å². The van der Waals surface area contributed by atoms with Crippen LogP contribution in [0, 0.1) is 0 Å². The fourth-order valence-corrected chi connectivity index (χ4v) is 2.97. The van der Waals surface area contributed by atoms with E-state index in [4.69, 9.17) is 14.2 Å². The molecule has 2 fully saturated rings. The van der Waals surface area contributed by atoms with Crippen molar-refractivity contribution in [2.75, 3.05) is 37.9 Å². The van der Waals surface area contributed by atoms with Crippen molar-refractivity contribution in [3.05, 3.63) is 47.5 Å². The van der Waals surface area contributed by atoms with Crippen LogP contribution in [-0.2, 0) is 22.3 Å². The number of benzene rings is 2. The molecule has 0 amide bonds. The average molecular weight is 340 g/mol. The molecule has 2 atom stereocenters. The Morgan fingerprint density at radius 3 is 1.64 bits per heavy atom. The number of rotatable bonds is 8. The summed E-state index contributed by atoms with van der Waals surface area (Å²) in [6.45, 7) is 1.68. The predicted octanol–water partition coefficient (Wildman–Crippen LogP) is 3.44. The van der Waals surface area contributed by atoms with Gasteiger partial charge in [-0.15, -0.1) is 0 Å². The maximum atomic E-state index is 6.33. The van der Waals surface area contributed by atoms with Crippen LogP contribution in [0.25, 0.3) is 0 Å². The summed E-state index contributed by atoms with van der Waals surface area (Å²) in [5.74, 6) is 1.79. The van der Waals surface area contributed by atoms with E-state index in [1.807, 2.05) is 38.4 Å². The molecule has 2 N–H and O–H groups in total. The van der Waals surface area contributed by atoms with E-state index in [0.29, 0.717) is 12.2 Å². The summed E-state index contributed by atoms with van der Waals surface area (Å²) in [6, 6.07) is 12.4. The molecule has 2 heterocycles. The highest BCUT2D eigenvalue weighted by molar-refractivity contribution is 5.55. The van der Waals surface area contributed by atoms with Gasteiger partial charge in [-0.25, -0.2) is 0 Å². The Kier molecular flexibility index (Phi) is 4.51. The Labute approximate surface area is 148 Å². The van der Waals surface area contributed by atoms with Crippen LogP contribution in [-0.4, -0.2) is 39.5 Å². The fraction of sp³-hybridized carbons (Fsp3) is 0.400. The first-order valence-electron chi connectivity index (χ1n) is 8.77. The Bertz CT molecular complexity index is 691. The lowest BCUT2D eigenvalue weighted by Gasteiger charge is -2.16. The second kappa shape index (κ2) is 6.94. The highest BCUT2D eigenvalue weighted by atomic mass is 16.6. The van der Waals surface area contributed by atoms with Crippen molar-refractivity contribution in [3.8, 4) is 11.5 Å². The Morgan fingerprint density at radius 1 is 0.840 bits per heavy atom. The molecule has 0 aliphatic carbocycles. The van der Waals surface area contributed by atoms with Crippen molar-refractivity contribution in [1.29, 1.82) is 0 Å². The van der Waals surface area contributed by atoms with Crippen LogP contribution in [0.1, 0.15) is 11.1 Å². The van der Waals surface area contributed by atoms with E-state index in [-0.39, 0.29) is 0 Å². The average Bonchev–Trinajstić information content (AvgIpc) is 3.54. The van der Waals surface area contributed by atoms with Crippen molar-refractivity contribution in [2.24, 2.45) is 0 Å². The molecule has 2 saturated heterocycles. The minimum absolute atomic E-state index is 0.320. The van der Waals surface area contributed by atoms with Gasteiger partial charge in [0.1, 0.15) is 11.5 Å². The summed E-state index contributed by atoms with van der Waals surface area (Å²) in [5.41, 5.74) is 4.50. The largest absolute Gasteiger partial charge is 0.457 e. The number of ether oxygens (including phenoxy) is 3. The molecule has 132 valence electrons. The van der Waals surface area contributed by atoms with Gasteiger partial charge in [0.25, 0.3) is 0 Å². The maximum absolute atomic E-state index is 6.33. The van der Waals surface area contributed by atoms with Gasteiger partial charge in [0, 0.05) is 38.3 Å². The summed E-state index contributed by atoms with van der Waals surface area (Å²) >= 11 is 0. The molecule has 2 aliphatic heterocycles. The predicted molar refractivity (Wildman–Crippen MR) is 98.9 cm³/mol. The molecular weight excluding hydrogens is 316 g/mol. The lowest BCUT2D eigenvalue weighted by Crippen LogP contribution is -2.02. The molecule has 0 radical (unpaired) electrons. The number of nitrogens with one attached hydrogen (secondary N) is 2. The second-order valence-electron chi connectivity index (χ2n) is 6.57. The van der Waals surface area contributed by atoms with Gasteiger partial charge in [0.05, 0.1) is 25.4 Å². The van der Waals surface area contributed by atoms with E-state index >= 15 is 0 Å². The van der Waals surface area contributed by atoms with Gasteiger partial charge in [-0.1, -0.05) is 0 Å². The summed E-state index contributed by atoms with van der Waals surface area (Å²) in [4.78, 5) is 0. The number of epoxide rings is 2. The van der Waals surface area contributed by atoms with E-state index in [9.17, 15) is 0 Å². The molecule has 5 nitrogen and oxygen atoms in total. The van der Waals surface area contributed by atoms with Crippen molar-refractivity contribution < 1.29 is 14.2 Å². The lowest BCUT2D eigenvalue weighted by molar-refractivity contribution is 0.398. The Morgan fingerprint density at radius 2 is 1.28 bits per heavy atom. The summed E-state index contributed by atoms with van der Waals surface area (Å²) in [7, 11) is 3.86. The highest BCUT2D eigenvalue weighted by Gasteiger charge is 2.26. The van der Waals surface area contributed by atoms with E-state index in [1.54, 1.807) is 0 Å². The first-order chi connectivity index (χ1) is 12.2. The molecule has 0 aromatic heterocycles. The maximum Gasteiger partial charge on any atom is 0.130 e. The zero-order valence-electron chi connectivity index (χ0n) is 14.7. The molecule has 0 saturated carbocycles. The summed E-state index contributed by atoms with van der Waals surface area (Å²) < 4.78 is 17.1. The van der Waals surface area contributed by atoms with Crippen LogP contribution in [0.4, 0.5) is 11.4 Å². The monoisotopic (exact) mass is 340 g/mol. The molecule has 0 spiro atoms. The number of hydrogen-bond donors (Lipinski definition) is 2. The van der Waals surface area contributed by atoms with Crippen LogP contribution in [0.3, 0.4) is 0 Å². The zero-order chi connectivity index (χ0) is 17.2. The minimum atomic E-state index is 0.320. The third-order valence-corrected chi connectivity index (χ3v) is 4.62. The first kappa shape index (κ1) is 16.2. The summed E-state index contributed by atoms with van der Waals surface area (Å²) in [5, 5.41) is 6.38. The molecule has 5 heteroatoms. The third-order valence-electron chi connectivity index (χ3n) is 4.62. The lowest BCUT2D eigenvalue weighted by atomic mass is 10.1. The molecule has 2 aliphatic rings. The van der Waals surface area contributed by atoms with Gasteiger partial charge in [-0.2, -0.15) is 0 Å². The fourth-order valence-electron chi connectivity index (χ4n) is 2.97. The van der Waals surface area contributed by atoms with Gasteiger partial charge in [0.2, 0.25) is 0 Å². The molecule has 2 unspecified atom stereocenters. The van der Waals surface area contributed by atoms with E-state index < -0.39 is 0 Å². The Hall–Kier alpha value is -2.24. The number of anilines is 2. The highest BCUT2D eigenvalue weighted by Crippen LogP contribution is 2.35. The van der Waals surface area contributed by atoms with E-state index in [1.165, 1.54) is 11.1 Å². The van der Waals surface area contributed by atoms with Crippen LogP contribution >= 0.6 is 0 Å².